The van der Waals surface area contributed by atoms with Gasteiger partial charge in [-0.25, -0.2) is 4.98 Å². The zero-order chi connectivity index (χ0) is 18.6. The zero-order valence-electron chi connectivity index (χ0n) is 15.1. The molecule has 0 aliphatic carbocycles. The first kappa shape index (κ1) is 17.0. The lowest BCUT2D eigenvalue weighted by molar-refractivity contribution is 0.785. The topological polar surface area (TPSA) is 59.8 Å². The maximum atomic E-state index is 13.1. The van der Waals surface area contributed by atoms with E-state index in [0.29, 0.717) is 18.9 Å². The number of aromatic nitrogens is 3. The Hall–Kier alpha value is -3.47. The summed E-state index contributed by atoms with van der Waals surface area (Å²) in [5.74, 6) is 0.352. The first-order chi connectivity index (χ1) is 13.2. The highest BCUT2D eigenvalue weighted by atomic mass is 16.1. The summed E-state index contributed by atoms with van der Waals surface area (Å²) in [5, 5.41) is 3.20. The molecule has 2 aromatic heterocycles. The molecule has 0 saturated carbocycles. The molecule has 5 nitrogen and oxygen atoms in total. The lowest BCUT2D eigenvalue weighted by atomic mass is 10.1. The minimum absolute atomic E-state index is 0.147. The van der Waals surface area contributed by atoms with Crippen molar-refractivity contribution in [3.05, 3.63) is 100 Å². The normalized spacial score (nSPS) is 10.9. The number of aryl methyl sites for hydroxylation is 1. The predicted octanol–water partition coefficient (Wildman–Crippen LogP) is 3.76. The van der Waals surface area contributed by atoms with Gasteiger partial charge in [-0.15, -0.1) is 0 Å². The fourth-order valence-corrected chi connectivity index (χ4v) is 3.02. The van der Waals surface area contributed by atoms with Crippen molar-refractivity contribution in [2.75, 3.05) is 5.32 Å². The van der Waals surface area contributed by atoms with E-state index >= 15 is 0 Å². The average Bonchev–Trinajstić information content (AvgIpc) is 2.71. The summed E-state index contributed by atoms with van der Waals surface area (Å²) in [7, 11) is 0. The molecular weight excluding hydrogens is 336 g/mol. The molecule has 134 valence electrons. The van der Waals surface area contributed by atoms with E-state index in [0.717, 1.165) is 22.2 Å². The Morgan fingerprint density at radius 2 is 1.74 bits per heavy atom. The molecule has 0 fully saturated rings. The van der Waals surface area contributed by atoms with E-state index in [-0.39, 0.29) is 5.56 Å². The number of hydrogen-bond donors (Lipinski definition) is 1. The third kappa shape index (κ3) is 3.72. The van der Waals surface area contributed by atoms with Gasteiger partial charge in [-0.2, -0.15) is 0 Å². The van der Waals surface area contributed by atoms with Gasteiger partial charge in [0, 0.05) is 12.7 Å². The molecule has 2 heterocycles. The van der Waals surface area contributed by atoms with E-state index in [1.165, 1.54) is 5.56 Å². The monoisotopic (exact) mass is 356 g/mol. The van der Waals surface area contributed by atoms with Gasteiger partial charge in [0.1, 0.15) is 0 Å². The molecule has 4 rings (SSSR count). The lowest BCUT2D eigenvalue weighted by Crippen LogP contribution is -2.26. The third-order valence-corrected chi connectivity index (χ3v) is 4.51. The molecule has 0 saturated heterocycles. The van der Waals surface area contributed by atoms with Crippen molar-refractivity contribution in [1.82, 2.24) is 14.5 Å². The van der Waals surface area contributed by atoms with E-state index in [9.17, 15) is 4.79 Å². The molecular formula is C22H20N4O. The molecule has 5 heteroatoms. The molecule has 0 atom stereocenters. The van der Waals surface area contributed by atoms with Gasteiger partial charge in [0.25, 0.3) is 5.56 Å². The molecule has 1 N–H and O–H groups in total. The van der Waals surface area contributed by atoms with Crippen LogP contribution in [0.2, 0.25) is 0 Å². The first-order valence-corrected chi connectivity index (χ1v) is 8.88. The van der Waals surface area contributed by atoms with Crippen LogP contribution in [0.15, 0.2) is 77.9 Å². The van der Waals surface area contributed by atoms with E-state index in [4.69, 9.17) is 0 Å². The Balaban J connectivity index is 1.71. The molecule has 2 aromatic carbocycles. The van der Waals surface area contributed by atoms with Gasteiger partial charge in [0.15, 0.2) is 5.82 Å². The van der Waals surface area contributed by atoms with Crippen molar-refractivity contribution in [3.8, 4) is 0 Å². The molecule has 0 aliphatic heterocycles. The van der Waals surface area contributed by atoms with Crippen molar-refractivity contribution >= 4 is 16.9 Å². The van der Waals surface area contributed by atoms with Crippen LogP contribution in [0.25, 0.3) is 11.0 Å². The average molecular weight is 356 g/mol. The number of benzene rings is 2. The third-order valence-electron chi connectivity index (χ3n) is 4.51. The van der Waals surface area contributed by atoms with Crippen LogP contribution in [-0.4, -0.2) is 14.5 Å². The minimum atomic E-state index is -0.147. The van der Waals surface area contributed by atoms with Crippen LogP contribution in [0.4, 0.5) is 5.82 Å². The number of pyridine rings is 1. The quantitative estimate of drug-likeness (QED) is 0.591. The Morgan fingerprint density at radius 3 is 2.52 bits per heavy atom. The van der Waals surface area contributed by atoms with Crippen molar-refractivity contribution in [1.29, 1.82) is 0 Å². The highest BCUT2D eigenvalue weighted by Gasteiger charge is 2.11. The van der Waals surface area contributed by atoms with Crippen molar-refractivity contribution in [3.63, 3.8) is 0 Å². The fourth-order valence-electron chi connectivity index (χ4n) is 3.02. The summed E-state index contributed by atoms with van der Waals surface area (Å²) in [4.78, 5) is 21.8. The minimum Gasteiger partial charge on any atom is -0.361 e. The number of hydrogen-bond acceptors (Lipinski definition) is 4. The van der Waals surface area contributed by atoms with E-state index in [1.54, 1.807) is 17.0 Å². The van der Waals surface area contributed by atoms with E-state index in [2.05, 4.69) is 46.5 Å². The first-order valence-electron chi connectivity index (χ1n) is 8.88. The highest BCUT2D eigenvalue weighted by molar-refractivity contribution is 5.75. The van der Waals surface area contributed by atoms with Gasteiger partial charge in [0.05, 0.1) is 23.8 Å². The van der Waals surface area contributed by atoms with Crippen LogP contribution in [0.1, 0.15) is 16.7 Å². The zero-order valence-corrected chi connectivity index (χ0v) is 15.1. The standard InChI is InChI=1S/C22H20N4O/c1-16-7-9-17(10-8-16)13-24-21-22(27)26(15-18-5-3-2-4-6-18)20-14-23-12-11-19(20)25-21/h2-12,14H,13,15H2,1H3,(H,24,25). The fraction of sp³-hybridized carbons (Fsp3) is 0.136. The molecule has 0 amide bonds. The number of nitrogens with one attached hydrogen (secondary N) is 1. The van der Waals surface area contributed by atoms with E-state index < -0.39 is 0 Å². The van der Waals surface area contributed by atoms with Crippen molar-refractivity contribution in [2.24, 2.45) is 0 Å². The molecule has 0 radical (unpaired) electrons. The van der Waals surface area contributed by atoms with Crippen molar-refractivity contribution < 1.29 is 0 Å². The van der Waals surface area contributed by atoms with Crippen LogP contribution >= 0.6 is 0 Å². The molecule has 0 unspecified atom stereocenters. The van der Waals surface area contributed by atoms with E-state index in [1.807, 2.05) is 36.4 Å². The SMILES string of the molecule is Cc1ccc(CNc2nc3ccncc3n(Cc3ccccc3)c2=O)cc1. The molecule has 0 spiro atoms. The number of nitrogens with zero attached hydrogens (tertiary/aromatic N) is 3. The summed E-state index contributed by atoms with van der Waals surface area (Å²) in [6.07, 6.45) is 3.38. The smallest absolute Gasteiger partial charge is 0.294 e. The Bertz CT molecular complexity index is 1120. The Morgan fingerprint density at radius 1 is 0.963 bits per heavy atom. The summed E-state index contributed by atoms with van der Waals surface area (Å²) < 4.78 is 1.72. The second-order valence-corrected chi connectivity index (χ2v) is 6.54. The second-order valence-electron chi connectivity index (χ2n) is 6.54. The molecule has 0 aliphatic rings. The Labute approximate surface area is 157 Å². The predicted molar refractivity (Wildman–Crippen MR) is 108 cm³/mol. The summed E-state index contributed by atoms with van der Waals surface area (Å²) >= 11 is 0. The van der Waals surface area contributed by atoms with Crippen LogP contribution in [0, 0.1) is 6.92 Å². The largest absolute Gasteiger partial charge is 0.361 e. The van der Waals surface area contributed by atoms with Gasteiger partial charge < -0.3 is 5.32 Å². The summed E-state index contributed by atoms with van der Waals surface area (Å²) in [5.41, 5.74) is 4.69. The lowest BCUT2D eigenvalue weighted by Gasteiger charge is -2.13. The van der Waals surface area contributed by atoms with Crippen LogP contribution < -0.4 is 10.9 Å². The maximum absolute atomic E-state index is 13.1. The highest BCUT2D eigenvalue weighted by Crippen LogP contribution is 2.13. The number of rotatable bonds is 5. The van der Waals surface area contributed by atoms with Gasteiger partial charge in [0.2, 0.25) is 0 Å². The van der Waals surface area contributed by atoms with Crippen LogP contribution in [-0.2, 0) is 13.1 Å². The number of anilines is 1. The molecule has 27 heavy (non-hydrogen) atoms. The van der Waals surface area contributed by atoms with Gasteiger partial charge in [-0.3, -0.25) is 14.3 Å². The van der Waals surface area contributed by atoms with Crippen molar-refractivity contribution in [2.45, 2.75) is 20.0 Å². The second kappa shape index (κ2) is 7.41. The molecule has 4 aromatic rings. The van der Waals surface area contributed by atoms with Crippen LogP contribution in [0.5, 0.6) is 0 Å². The van der Waals surface area contributed by atoms with Gasteiger partial charge in [-0.05, 0) is 24.1 Å². The Kier molecular flexibility index (Phi) is 4.66. The van der Waals surface area contributed by atoms with Crippen LogP contribution in [0.3, 0.4) is 0 Å². The summed E-state index contributed by atoms with van der Waals surface area (Å²) in [6.45, 7) is 3.08. The molecule has 0 bridgehead atoms. The summed E-state index contributed by atoms with van der Waals surface area (Å²) in [6, 6.07) is 20.0. The number of fused-ring (bicyclic) bond motifs is 1. The maximum Gasteiger partial charge on any atom is 0.294 e. The van der Waals surface area contributed by atoms with Gasteiger partial charge in [-0.1, -0.05) is 60.2 Å². The van der Waals surface area contributed by atoms with Gasteiger partial charge >= 0.3 is 0 Å².